The third-order valence-corrected chi connectivity index (χ3v) is 11.9. The van der Waals surface area contributed by atoms with E-state index in [0.717, 1.165) is 34.5 Å². The molecule has 9 rings (SSSR count). The fraction of sp³-hybridized carbons (Fsp3) is 0.106. The first-order valence-corrected chi connectivity index (χ1v) is 18.5. The zero-order chi connectivity index (χ0) is 34.5. The van der Waals surface area contributed by atoms with Gasteiger partial charge >= 0.3 is 0 Å². The van der Waals surface area contributed by atoms with Gasteiger partial charge in [0.25, 0.3) is 0 Å². The first kappa shape index (κ1) is 31.3. The molecule has 0 amide bonds. The molecule has 2 atom stereocenters. The molecule has 4 heteroatoms. The Kier molecular flexibility index (Phi) is 7.72. The summed E-state index contributed by atoms with van der Waals surface area (Å²) in [5.74, 6) is 0.579. The van der Waals surface area contributed by atoms with Crippen LogP contribution in [-0.4, -0.2) is 11.6 Å². The number of thiophene rings is 1. The summed E-state index contributed by atoms with van der Waals surface area (Å²) in [5, 5.41) is 7.52. The Morgan fingerprint density at radius 1 is 0.745 bits per heavy atom. The number of nitrogens with two attached hydrogens (primary N) is 1. The Balaban J connectivity index is 1.20. The second-order valence-electron chi connectivity index (χ2n) is 13.7. The normalized spacial score (nSPS) is 15.7. The van der Waals surface area contributed by atoms with Crippen molar-refractivity contribution in [3.05, 3.63) is 185 Å². The lowest BCUT2D eigenvalue weighted by Gasteiger charge is -2.33. The van der Waals surface area contributed by atoms with Gasteiger partial charge in [-0.2, -0.15) is 0 Å². The van der Waals surface area contributed by atoms with Gasteiger partial charge in [-0.3, -0.25) is 0 Å². The summed E-state index contributed by atoms with van der Waals surface area (Å²) in [7, 11) is 2.01. The van der Waals surface area contributed by atoms with Crippen LogP contribution in [0.3, 0.4) is 0 Å². The number of allylic oxidation sites excluding steroid dienone is 1. The van der Waals surface area contributed by atoms with Crippen LogP contribution in [-0.2, 0) is 12.0 Å². The molecule has 1 aliphatic rings. The van der Waals surface area contributed by atoms with E-state index in [2.05, 4.69) is 162 Å². The summed E-state index contributed by atoms with van der Waals surface area (Å²) in [6, 6.07) is 52.2. The predicted octanol–water partition coefficient (Wildman–Crippen LogP) is 11.3. The van der Waals surface area contributed by atoms with Crippen molar-refractivity contribution in [2.75, 3.05) is 7.05 Å². The van der Waals surface area contributed by atoms with Crippen molar-refractivity contribution < 1.29 is 0 Å². The first-order chi connectivity index (χ1) is 25.0. The van der Waals surface area contributed by atoms with Gasteiger partial charge in [0.2, 0.25) is 0 Å². The van der Waals surface area contributed by atoms with E-state index < -0.39 is 5.54 Å². The maximum atomic E-state index is 6.81. The van der Waals surface area contributed by atoms with Crippen LogP contribution in [0.4, 0.5) is 0 Å². The lowest BCUT2D eigenvalue weighted by atomic mass is 9.81. The molecule has 51 heavy (non-hydrogen) atoms. The fourth-order valence-corrected chi connectivity index (χ4v) is 9.47. The molecule has 2 heterocycles. The molecule has 0 radical (unpaired) electrons. The van der Waals surface area contributed by atoms with Crippen LogP contribution in [0.25, 0.3) is 60.5 Å². The van der Waals surface area contributed by atoms with Gasteiger partial charge < -0.3 is 15.6 Å². The van der Waals surface area contributed by atoms with Gasteiger partial charge in [-0.25, -0.2) is 0 Å². The van der Waals surface area contributed by atoms with E-state index in [9.17, 15) is 0 Å². The molecule has 2 unspecified atom stereocenters. The number of likely N-dealkylation sites (N-methyl/N-ethyl adjacent to an activating group) is 1. The molecule has 0 saturated carbocycles. The highest BCUT2D eigenvalue weighted by atomic mass is 32.1. The van der Waals surface area contributed by atoms with Crippen molar-refractivity contribution in [3.8, 4) is 16.8 Å². The molecule has 1 aliphatic carbocycles. The Morgan fingerprint density at radius 2 is 1.43 bits per heavy atom. The monoisotopic (exact) mass is 677 g/mol. The van der Waals surface area contributed by atoms with Crippen LogP contribution in [0.2, 0.25) is 0 Å². The molecular formula is C47H39N3S. The predicted molar refractivity (Wildman–Crippen MR) is 218 cm³/mol. The van der Waals surface area contributed by atoms with Crippen molar-refractivity contribution in [2.45, 2.75) is 18.9 Å². The van der Waals surface area contributed by atoms with Crippen molar-refractivity contribution in [3.63, 3.8) is 0 Å². The second kappa shape index (κ2) is 12.6. The molecule has 6 aromatic carbocycles. The largest absolute Gasteiger partial charge is 0.398 e. The van der Waals surface area contributed by atoms with E-state index in [1.807, 2.05) is 36.6 Å². The van der Waals surface area contributed by atoms with Crippen LogP contribution >= 0.6 is 11.3 Å². The number of benzene rings is 6. The summed E-state index contributed by atoms with van der Waals surface area (Å²) in [6.45, 7) is 2.31. The molecule has 248 valence electrons. The van der Waals surface area contributed by atoms with Gasteiger partial charge in [-0.05, 0) is 83.1 Å². The minimum Gasteiger partial charge on any atom is -0.398 e. The zero-order valence-corrected chi connectivity index (χ0v) is 29.6. The quantitative estimate of drug-likeness (QED) is 0.176. The number of para-hydroxylation sites is 1. The smallest absolute Gasteiger partial charge is 0.0898 e. The zero-order valence-electron chi connectivity index (χ0n) is 28.8. The van der Waals surface area contributed by atoms with E-state index in [4.69, 9.17) is 5.73 Å². The molecule has 2 aromatic heterocycles. The van der Waals surface area contributed by atoms with Crippen LogP contribution < -0.4 is 11.1 Å². The standard InChI is InChI=1S/C47H39N3S/c1-31-20-26-40-41-18-11-17-37(46(41)51-45(40)28-31)33-21-27-39-38-16-9-10-19-43(38)50(44(39)29-33)36-24-22-35(23-25-36)47(49-2,34-14-7-4-8-15-34)30-42(48)32-12-5-3-6-13-32/h3-27,29-31,49H,28,48H2,1-2H3/b42-30-. The van der Waals surface area contributed by atoms with Crippen LogP contribution in [0.15, 0.2) is 158 Å². The summed E-state index contributed by atoms with van der Waals surface area (Å²) in [5.41, 5.74) is 17.6. The molecule has 0 saturated heterocycles. The Bertz CT molecular complexity index is 2610. The van der Waals surface area contributed by atoms with Crippen LogP contribution in [0, 0.1) is 5.92 Å². The number of rotatable bonds is 7. The lowest BCUT2D eigenvalue weighted by molar-refractivity contribution is 0.546. The van der Waals surface area contributed by atoms with Gasteiger partial charge in [-0.15, -0.1) is 11.3 Å². The number of hydrogen-bond donors (Lipinski definition) is 2. The van der Waals surface area contributed by atoms with Crippen LogP contribution in [0.5, 0.6) is 0 Å². The highest BCUT2D eigenvalue weighted by molar-refractivity contribution is 7.20. The fourth-order valence-electron chi connectivity index (χ4n) is 8.00. The summed E-state index contributed by atoms with van der Waals surface area (Å²) in [4.78, 5) is 1.50. The number of nitrogens with one attached hydrogen (secondary N) is 1. The number of nitrogens with zero attached hydrogens (tertiary/aromatic N) is 1. The van der Waals surface area contributed by atoms with E-state index in [-0.39, 0.29) is 0 Å². The Labute approximate surface area is 303 Å². The molecule has 0 aliphatic heterocycles. The maximum absolute atomic E-state index is 6.81. The number of aromatic nitrogens is 1. The van der Waals surface area contributed by atoms with Crippen molar-refractivity contribution in [2.24, 2.45) is 11.7 Å². The molecule has 0 spiro atoms. The van der Waals surface area contributed by atoms with Gasteiger partial charge in [0.15, 0.2) is 0 Å². The lowest BCUT2D eigenvalue weighted by Crippen LogP contribution is -2.40. The second-order valence-corrected chi connectivity index (χ2v) is 14.8. The van der Waals surface area contributed by atoms with Crippen molar-refractivity contribution >= 4 is 55.0 Å². The minimum atomic E-state index is -0.640. The van der Waals surface area contributed by atoms with Gasteiger partial charge in [-0.1, -0.05) is 140 Å². The van der Waals surface area contributed by atoms with Crippen molar-refractivity contribution in [1.29, 1.82) is 0 Å². The van der Waals surface area contributed by atoms with E-state index in [0.29, 0.717) is 5.92 Å². The third kappa shape index (κ3) is 5.22. The van der Waals surface area contributed by atoms with E-state index in [1.165, 1.54) is 53.5 Å². The Morgan fingerprint density at radius 3 is 2.22 bits per heavy atom. The summed E-state index contributed by atoms with van der Waals surface area (Å²) < 4.78 is 3.79. The van der Waals surface area contributed by atoms with Crippen LogP contribution in [0.1, 0.15) is 34.1 Å². The topological polar surface area (TPSA) is 43.0 Å². The van der Waals surface area contributed by atoms with E-state index >= 15 is 0 Å². The Hall–Kier alpha value is -5.68. The number of hydrogen-bond acceptors (Lipinski definition) is 3. The molecule has 0 fully saturated rings. The number of fused-ring (bicyclic) bond motifs is 6. The molecule has 3 N–H and O–H groups in total. The average molecular weight is 678 g/mol. The van der Waals surface area contributed by atoms with Gasteiger partial charge in [0.1, 0.15) is 0 Å². The third-order valence-electron chi connectivity index (χ3n) is 10.6. The minimum absolute atomic E-state index is 0.579. The average Bonchev–Trinajstić information content (AvgIpc) is 3.72. The molecule has 3 nitrogen and oxygen atoms in total. The molecular weight excluding hydrogens is 639 g/mol. The summed E-state index contributed by atoms with van der Waals surface area (Å²) >= 11 is 1.97. The van der Waals surface area contributed by atoms with Gasteiger partial charge in [0.05, 0.1) is 16.6 Å². The highest BCUT2D eigenvalue weighted by Gasteiger charge is 2.31. The van der Waals surface area contributed by atoms with Gasteiger partial charge in [0, 0.05) is 37.1 Å². The van der Waals surface area contributed by atoms with Crippen molar-refractivity contribution in [1.82, 2.24) is 9.88 Å². The first-order valence-electron chi connectivity index (χ1n) is 17.7. The highest BCUT2D eigenvalue weighted by Crippen LogP contribution is 2.43. The maximum Gasteiger partial charge on any atom is 0.0898 e. The summed E-state index contributed by atoms with van der Waals surface area (Å²) in [6.07, 6.45) is 7.95. The molecule has 8 aromatic rings. The van der Waals surface area contributed by atoms with E-state index in [1.54, 1.807) is 0 Å². The molecule has 0 bridgehead atoms. The SMILES string of the molecule is CNC(/C=C(\N)c1ccccc1)(c1ccccc1)c1ccc(-n2c3ccccc3c3ccc(-c4cccc5c6c(sc45)CC(C)C=C6)cc32)cc1.